The number of amides is 1. The quantitative estimate of drug-likeness (QED) is 0.415. The van der Waals surface area contributed by atoms with Gasteiger partial charge in [-0.05, 0) is 18.6 Å². The van der Waals surface area contributed by atoms with Crippen molar-refractivity contribution in [2.24, 2.45) is 12.0 Å². The van der Waals surface area contributed by atoms with Gasteiger partial charge in [-0.1, -0.05) is 23.4 Å². The standard InChI is InChI=1S/C20H17ClF4N4O5S/c1-27-14(20(23,24)25)8-15(30)29(19(27)33)13-7-12(10(21)6-11(13)22)26-18-28(16(31)9-35-18)5-3-4-17(32)34-2/h6-8H,3-5,9H2,1-2H3/b26-18-. The zero-order chi connectivity index (χ0) is 26.1. The highest BCUT2D eigenvalue weighted by molar-refractivity contribution is 8.15. The SMILES string of the molecule is COC(=O)CCCN1C(=O)CS/C1=N\c1cc(-n2c(=O)cc(C(F)(F)F)n(C)c2=O)c(F)cc1Cl. The Kier molecular flexibility index (Phi) is 7.74. The van der Waals surface area contributed by atoms with Gasteiger partial charge in [0.2, 0.25) is 5.91 Å². The Bertz CT molecular complexity index is 1340. The molecule has 1 saturated heterocycles. The van der Waals surface area contributed by atoms with Gasteiger partial charge in [0.05, 0.1) is 29.3 Å². The average molecular weight is 537 g/mol. The molecular formula is C20H17ClF4N4O5S. The molecule has 9 nitrogen and oxygen atoms in total. The minimum absolute atomic E-state index is 0.0433. The van der Waals surface area contributed by atoms with E-state index in [1.54, 1.807) is 0 Å². The van der Waals surface area contributed by atoms with Gasteiger partial charge in [-0.15, -0.1) is 0 Å². The maximum absolute atomic E-state index is 14.7. The second-order valence-electron chi connectivity index (χ2n) is 7.21. The number of hydrogen-bond acceptors (Lipinski definition) is 7. The molecule has 0 saturated carbocycles. The number of halogens is 5. The van der Waals surface area contributed by atoms with E-state index in [0.717, 1.165) is 30.9 Å². The topological polar surface area (TPSA) is 103 Å². The summed E-state index contributed by atoms with van der Waals surface area (Å²) >= 11 is 7.12. The van der Waals surface area contributed by atoms with Crippen LogP contribution in [0.25, 0.3) is 5.69 Å². The molecule has 1 aliphatic rings. The lowest BCUT2D eigenvalue weighted by molar-refractivity contribution is -0.144. The summed E-state index contributed by atoms with van der Waals surface area (Å²) in [5, 5.41) is -0.0583. The molecule has 0 N–H and O–H groups in total. The van der Waals surface area contributed by atoms with E-state index in [1.807, 2.05) is 0 Å². The maximum Gasteiger partial charge on any atom is 0.431 e. The van der Waals surface area contributed by atoms with Crippen molar-refractivity contribution in [3.05, 3.63) is 55.6 Å². The summed E-state index contributed by atoms with van der Waals surface area (Å²) in [5.74, 6) is -1.87. The predicted octanol–water partition coefficient (Wildman–Crippen LogP) is 2.86. The summed E-state index contributed by atoms with van der Waals surface area (Å²) in [5.41, 5.74) is -5.14. The predicted molar refractivity (Wildman–Crippen MR) is 120 cm³/mol. The number of methoxy groups -OCH3 is 1. The largest absolute Gasteiger partial charge is 0.469 e. The van der Waals surface area contributed by atoms with Gasteiger partial charge in [0.15, 0.2) is 5.17 Å². The third-order valence-electron chi connectivity index (χ3n) is 4.93. The van der Waals surface area contributed by atoms with E-state index in [-0.39, 0.29) is 62.1 Å². The van der Waals surface area contributed by atoms with E-state index < -0.39 is 40.6 Å². The first-order valence-corrected chi connectivity index (χ1v) is 11.2. The van der Waals surface area contributed by atoms with Crippen molar-refractivity contribution in [2.75, 3.05) is 19.4 Å². The molecule has 15 heteroatoms. The summed E-state index contributed by atoms with van der Waals surface area (Å²) < 4.78 is 59.0. The van der Waals surface area contributed by atoms with Crippen molar-refractivity contribution in [3.63, 3.8) is 0 Å². The highest BCUT2D eigenvalue weighted by atomic mass is 35.5. The van der Waals surface area contributed by atoms with Crippen LogP contribution in [0.3, 0.4) is 0 Å². The molecule has 1 amide bonds. The number of nitrogens with zero attached hydrogens (tertiary/aromatic N) is 4. The van der Waals surface area contributed by atoms with Crippen LogP contribution in [0.2, 0.25) is 5.02 Å². The van der Waals surface area contributed by atoms with Crippen molar-refractivity contribution in [2.45, 2.75) is 19.0 Å². The van der Waals surface area contributed by atoms with Crippen molar-refractivity contribution in [1.82, 2.24) is 14.0 Å². The molecule has 0 atom stereocenters. The molecule has 1 fully saturated rings. The lowest BCUT2D eigenvalue weighted by atomic mass is 10.2. The van der Waals surface area contributed by atoms with Crippen molar-refractivity contribution < 1.29 is 31.9 Å². The fraction of sp³-hybridized carbons (Fsp3) is 0.350. The summed E-state index contributed by atoms with van der Waals surface area (Å²) in [4.78, 5) is 54.0. The Morgan fingerprint density at radius 3 is 2.54 bits per heavy atom. The molecule has 188 valence electrons. The van der Waals surface area contributed by atoms with Crippen molar-refractivity contribution in [1.29, 1.82) is 0 Å². The molecule has 0 bridgehead atoms. The van der Waals surface area contributed by atoms with Crippen LogP contribution in [0.15, 0.2) is 32.8 Å². The Labute approximate surface area is 203 Å². The number of aromatic nitrogens is 2. The fourth-order valence-corrected chi connectivity index (χ4v) is 4.30. The molecule has 35 heavy (non-hydrogen) atoms. The van der Waals surface area contributed by atoms with Crippen LogP contribution in [0.5, 0.6) is 0 Å². The third-order valence-corrected chi connectivity index (χ3v) is 6.19. The minimum atomic E-state index is -4.98. The van der Waals surface area contributed by atoms with Gasteiger partial charge >= 0.3 is 17.8 Å². The van der Waals surface area contributed by atoms with Crippen LogP contribution in [0, 0.1) is 5.82 Å². The number of esters is 1. The monoisotopic (exact) mass is 536 g/mol. The van der Waals surface area contributed by atoms with E-state index in [4.69, 9.17) is 11.6 Å². The molecular weight excluding hydrogens is 520 g/mol. The van der Waals surface area contributed by atoms with Crippen LogP contribution < -0.4 is 11.2 Å². The van der Waals surface area contributed by atoms with Crippen LogP contribution in [-0.2, 0) is 27.5 Å². The second kappa shape index (κ2) is 10.2. The molecule has 2 heterocycles. The number of carbonyl (C=O) groups excluding carboxylic acids is 2. The highest BCUT2D eigenvalue weighted by Crippen LogP contribution is 2.33. The van der Waals surface area contributed by atoms with Gasteiger partial charge in [0.25, 0.3) is 5.56 Å². The number of aliphatic imine (C=N–C) groups is 1. The van der Waals surface area contributed by atoms with E-state index >= 15 is 0 Å². The van der Waals surface area contributed by atoms with Gasteiger partial charge in [-0.3, -0.25) is 23.9 Å². The van der Waals surface area contributed by atoms with E-state index in [1.165, 1.54) is 12.0 Å². The molecule has 0 radical (unpaired) electrons. The number of carbonyl (C=O) groups is 2. The van der Waals surface area contributed by atoms with Crippen LogP contribution in [0.4, 0.5) is 23.2 Å². The van der Waals surface area contributed by atoms with Gasteiger partial charge in [0, 0.05) is 26.1 Å². The third kappa shape index (κ3) is 5.59. The zero-order valence-electron chi connectivity index (χ0n) is 18.2. The molecule has 0 spiro atoms. The van der Waals surface area contributed by atoms with Gasteiger partial charge in [-0.25, -0.2) is 18.7 Å². The first-order chi connectivity index (χ1) is 16.3. The number of rotatable bonds is 6. The zero-order valence-corrected chi connectivity index (χ0v) is 19.8. The summed E-state index contributed by atoms with van der Waals surface area (Å²) in [7, 11) is 2.03. The minimum Gasteiger partial charge on any atom is -0.469 e. The lowest BCUT2D eigenvalue weighted by Crippen LogP contribution is -2.41. The van der Waals surface area contributed by atoms with Crippen molar-refractivity contribution in [3.8, 4) is 5.69 Å². The van der Waals surface area contributed by atoms with Gasteiger partial charge in [0.1, 0.15) is 11.5 Å². The Hall–Kier alpha value is -3.13. The van der Waals surface area contributed by atoms with Crippen molar-refractivity contribution >= 4 is 46.1 Å². The van der Waals surface area contributed by atoms with Gasteiger partial charge in [-0.2, -0.15) is 13.2 Å². The highest BCUT2D eigenvalue weighted by Gasteiger charge is 2.35. The maximum atomic E-state index is 14.7. The number of amidine groups is 1. The molecule has 0 aliphatic carbocycles. The second-order valence-corrected chi connectivity index (χ2v) is 8.56. The van der Waals surface area contributed by atoms with E-state index in [9.17, 15) is 36.7 Å². The summed E-state index contributed by atoms with van der Waals surface area (Å²) in [6.45, 7) is 0.129. The van der Waals surface area contributed by atoms with Gasteiger partial charge < -0.3 is 4.74 Å². The molecule has 0 unspecified atom stereocenters. The number of ether oxygens (including phenoxy) is 1. The molecule has 1 aromatic heterocycles. The van der Waals surface area contributed by atoms with Crippen LogP contribution >= 0.6 is 23.4 Å². The van der Waals surface area contributed by atoms with E-state index in [2.05, 4.69) is 9.73 Å². The van der Waals surface area contributed by atoms with Crippen LogP contribution in [-0.4, -0.2) is 50.5 Å². The van der Waals surface area contributed by atoms with Crippen LogP contribution in [0.1, 0.15) is 18.5 Å². The fourth-order valence-electron chi connectivity index (χ4n) is 3.19. The normalized spacial score (nSPS) is 15.2. The lowest BCUT2D eigenvalue weighted by Gasteiger charge is -2.16. The smallest absolute Gasteiger partial charge is 0.431 e. The average Bonchev–Trinajstić information content (AvgIpc) is 3.12. The Balaban J connectivity index is 2.05. The first-order valence-electron chi connectivity index (χ1n) is 9.83. The Morgan fingerprint density at radius 1 is 1.23 bits per heavy atom. The molecule has 1 aliphatic heterocycles. The molecule has 3 rings (SSSR count). The first kappa shape index (κ1) is 26.5. The summed E-state index contributed by atoms with van der Waals surface area (Å²) in [6.07, 6.45) is -4.65. The number of hydrogen-bond donors (Lipinski definition) is 0. The molecule has 1 aromatic carbocycles. The Morgan fingerprint density at radius 2 is 1.91 bits per heavy atom. The summed E-state index contributed by atoms with van der Waals surface area (Å²) in [6, 6.07) is 1.86. The number of benzene rings is 1. The number of thioether (sulfide) groups is 1. The number of alkyl halides is 3. The molecule has 2 aromatic rings. The van der Waals surface area contributed by atoms with E-state index in [0.29, 0.717) is 0 Å².